The monoisotopic (exact) mass is 616 g/mol. The van der Waals surface area contributed by atoms with Crippen molar-refractivity contribution < 1.29 is 42.2 Å². The Bertz CT molecular complexity index is 1460. The minimum Gasteiger partial charge on any atom is -0.486 e. The number of hydrogen-bond donors (Lipinski definition) is 1. The van der Waals surface area contributed by atoms with Gasteiger partial charge in [0.2, 0.25) is 0 Å². The first kappa shape index (κ1) is 31.9. The molecule has 1 fully saturated rings. The molecule has 230 valence electrons. The molecule has 3 aromatic rings. The van der Waals surface area contributed by atoms with Gasteiger partial charge in [-0.05, 0) is 87.4 Å². The molecule has 0 spiro atoms. The fourth-order valence-electron chi connectivity index (χ4n) is 4.72. The van der Waals surface area contributed by atoms with E-state index in [1.807, 2.05) is 0 Å². The van der Waals surface area contributed by atoms with Gasteiger partial charge < -0.3 is 28.8 Å². The minimum absolute atomic E-state index is 0.00106. The Balaban J connectivity index is 1.37. The van der Waals surface area contributed by atoms with E-state index in [9.17, 15) is 28.3 Å². The van der Waals surface area contributed by atoms with Crippen LogP contribution in [0.15, 0.2) is 57.8 Å². The topological polar surface area (TPSA) is 110 Å². The van der Waals surface area contributed by atoms with Crippen molar-refractivity contribution >= 4 is 29.7 Å². The van der Waals surface area contributed by atoms with Crippen LogP contribution in [0, 0.1) is 11.6 Å². The summed E-state index contributed by atoms with van der Waals surface area (Å²) in [5.74, 6) is -2.73. The van der Waals surface area contributed by atoms with Crippen molar-refractivity contribution in [2.45, 2.75) is 56.8 Å². The zero-order valence-electron chi connectivity index (χ0n) is 24.4. The molecule has 0 unspecified atom stereocenters. The van der Waals surface area contributed by atoms with E-state index >= 15 is 0 Å². The number of thioether (sulfide) groups is 1. The van der Waals surface area contributed by atoms with Crippen LogP contribution in [-0.2, 0) is 16.1 Å². The third-order valence-corrected chi connectivity index (χ3v) is 7.56. The van der Waals surface area contributed by atoms with Crippen LogP contribution in [0.25, 0.3) is 11.1 Å². The first-order chi connectivity index (χ1) is 20.3. The summed E-state index contributed by atoms with van der Waals surface area (Å²) in [5, 5.41) is 9.48. The summed E-state index contributed by atoms with van der Waals surface area (Å²) in [6.45, 7) is 5.49. The molecule has 1 aliphatic rings. The lowest BCUT2D eigenvalue weighted by Gasteiger charge is -2.38. The third kappa shape index (κ3) is 8.28. The number of rotatable bonds is 9. The lowest BCUT2D eigenvalue weighted by molar-refractivity contribution is -0.138. The molecule has 0 bridgehead atoms. The molecule has 0 radical (unpaired) electrons. The second-order valence-corrected chi connectivity index (χ2v) is 11.9. The van der Waals surface area contributed by atoms with E-state index in [0.29, 0.717) is 53.5 Å². The van der Waals surface area contributed by atoms with Crippen LogP contribution in [0.4, 0.5) is 13.6 Å². The molecule has 4 rings (SSSR count). The number of amides is 2. The van der Waals surface area contributed by atoms with Crippen LogP contribution < -0.4 is 4.74 Å². The zero-order chi connectivity index (χ0) is 31.3. The van der Waals surface area contributed by atoms with E-state index in [1.54, 1.807) is 62.3 Å². The zero-order valence-corrected chi connectivity index (χ0v) is 25.2. The molecule has 2 amide bonds. The highest BCUT2D eigenvalue weighted by Gasteiger charge is 2.34. The summed E-state index contributed by atoms with van der Waals surface area (Å²) in [6.07, 6.45) is 2.13. The Labute approximate surface area is 252 Å². The number of carboxylic acid groups (broad SMARTS) is 1. The largest absolute Gasteiger partial charge is 0.486 e. The Hall–Kier alpha value is -4.06. The molecule has 2 aromatic carbocycles. The predicted molar refractivity (Wildman–Crippen MR) is 156 cm³/mol. The first-order valence-corrected chi connectivity index (χ1v) is 14.9. The number of ether oxygens (including phenoxy) is 2. The van der Waals surface area contributed by atoms with Gasteiger partial charge in [-0.3, -0.25) is 9.59 Å². The van der Waals surface area contributed by atoms with Crippen molar-refractivity contribution in [3.8, 4) is 16.9 Å². The lowest BCUT2D eigenvalue weighted by atomic mass is 10.0. The van der Waals surface area contributed by atoms with Crippen LogP contribution in [0.3, 0.4) is 0 Å². The van der Waals surface area contributed by atoms with Gasteiger partial charge in [-0.15, -0.1) is 11.8 Å². The highest BCUT2D eigenvalue weighted by Crippen LogP contribution is 2.33. The molecule has 9 nitrogen and oxygen atoms in total. The number of benzene rings is 2. The molecule has 0 aliphatic carbocycles. The third-order valence-electron chi connectivity index (χ3n) is 6.78. The van der Waals surface area contributed by atoms with Gasteiger partial charge in [-0.25, -0.2) is 13.6 Å². The minimum atomic E-state index is -1.16. The summed E-state index contributed by atoms with van der Waals surface area (Å²) >= 11 is 1.31. The number of carboxylic acids is 1. The number of piperidine rings is 1. The van der Waals surface area contributed by atoms with Gasteiger partial charge in [-0.1, -0.05) is 12.1 Å². The quantitative estimate of drug-likeness (QED) is 0.273. The van der Waals surface area contributed by atoms with Crippen molar-refractivity contribution in [3.63, 3.8) is 0 Å². The summed E-state index contributed by atoms with van der Waals surface area (Å²) in [4.78, 5) is 40.7. The maximum Gasteiger partial charge on any atom is 0.410 e. The summed E-state index contributed by atoms with van der Waals surface area (Å²) in [6, 6.07) is 11.8. The Kier molecular flexibility index (Phi) is 10.0. The molecule has 43 heavy (non-hydrogen) atoms. The molecular weight excluding hydrogens is 582 g/mol. The van der Waals surface area contributed by atoms with E-state index < -0.39 is 47.8 Å². The molecule has 0 atom stereocenters. The predicted octanol–water partition coefficient (Wildman–Crippen LogP) is 6.45. The van der Waals surface area contributed by atoms with E-state index in [2.05, 4.69) is 0 Å². The Morgan fingerprint density at radius 3 is 2.30 bits per heavy atom. The number of aliphatic carboxylic acids is 1. The molecule has 2 heterocycles. The highest BCUT2D eigenvalue weighted by molar-refractivity contribution is 7.98. The van der Waals surface area contributed by atoms with Crippen LogP contribution >= 0.6 is 11.8 Å². The fraction of sp³-hybridized carbons (Fsp3) is 0.387. The lowest BCUT2D eigenvalue weighted by Crippen LogP contribution is -2.51. The van der Waals surface area contributed by atoms with Crippen LogP contribution in [0.5, 0.6) is 5.75 Å². The van der Waals surface area contributed by atoms with E-state index in [0.717, 1.165) is 6.07 Å². The number of furan rings is 1. The number of carbonyl (C=O) groups excluding carboxylic acids is 2. The molecule has 1 N–H and O–H groups in total. The highest BCUT2D eigenvalue weighted by atomic mass is 32.2. The molecular formula is C31H34F2N2O7S. The summed E-state index contributed by atoms with van der Waals surface area (Å²) < 4.78 is 44.4. The number of nitrogens with zero attached hydrogens (tertiary/aromatic N) is 2. The van der Waals surface area contributed by atoms with Gasteiger partial charge >= 0.3 is 12.1 Å². The molecule has 1 aromatic heterocycles. The van der Waals surface area contributed by atoms with E-state index in [4.69, 9.17) is 13.9 Å². The average Bonchev–Trinajstić information content (AvgIpc) is 3.44. The van der Waals surface area contributed by atoms with Crippen molar-refractivity contribution in [1.82, 2.24) is 9.80 Å². The summed E-state index contributed by atoms with van der Waals surface area (Å²) in [7, 11) is 0. The molecule has 1 aliphatic heterocycles. The van der Waals surface area contributed by atoms with E-state index in [1.165, 1.54) is 28.8 Å². The second-order valence-electron chi connectivity index (χ2n) is 11.1. The SMILES string of the molecule is CSc1cc(F)c(F)cc1-c1ccc(OCc2ccc(C(=O)N(CC(=O)O)C3CCN(C(=O)OC(C)(C)C)CC3)o2)cc1. The van der Waals surface area contributed by atoms with Gasteiger partial charge in [0.05, 0.1) is 0 Å². The maximum absolute atomic E-state index is 13.8. The van der Waals surface area contributed by atoms with Crippen molar-refractivity contribution in [3.05, 3.63) is 71.7 Å². The number of likely N-dealkylation sites (tertiary alicyclic amines) is 1. The van der Waals surface area contributed by atoms with E-state index in [-0.39, 0.29) is 12.4 Å². The van der Waals surface area contributed by atoms with Crippen molar-refractivity contribution in [2.75, 3.05) is 25.9 Å². The smallest absolute Gasteiger partial charge is 0.410 e. The molecule has 0 saturated carbocycles. The van der Waals surface area contributed by atoms with Gasteiger partial charge in [0.15, 0.2) is 17.4 Å². The second kappa shape index (κ2) is 13.5. The maximum atomic E-state index is 13.8. The van der Waals surface area contributed by atoms with Crippen LogP contribution in [0.2, 0.25) is 0 Å². The fourth-order valence-corrected chi connectivity index (χ4v) is 5.34. The van der Waals surface area contributed by atoms with Crippen LogP contribution in [-0.4, -0.2) is 70.4 Å². The van der Waals surface area contributed by atoms with Gasteiger partial charge in [-0.2, -0.15) is 0 Å². The summed E-state index contributed by atoms with van der Waals surface area (Å²) in [5.41, 5.74) is 0.622. The van der Waals surface area contributed by atoms with Gasteiger partial charge in [0.25, 0.3) is 5.91 Å². The standard InChI is InChI=1S/C31H34F2N2O7S/c1-31(2,3)42-30(39)34-13-11-20(12-14-34)35(17-28(36)37)29(38)26-10-9-22(41-26)18-40-21-7-5-19(6-8-21)23-15-24(32)25(33)16-27(23)43-4/h5-10,15-16,20H,11-14,17-18H2,1-4H3,(H,36,37). The normalized spacial score (nSPS) is 14.0. The van der Waals surface area contributed by atoms with Gasteiger partial charge in [0.1, 0.15) is 30.3 Å². The van der Waals surface area contributed by atoms with Gasteiger partial charge in [0, 0.05) is 24.0 Å². The Morgan fingerprint density at radius 2 is 1.70 bits per heavy atom. The molecule has 1 saturated heterocycles. The number of carbonyl (C=O) groups is 3. The van der Waals surface area contributed by atoms with Crippen LogP contribution in [0.1, 0.15) is 49.9 Å². The van der Waals surface area contributed by atoms with Crippen molar-refractivity contribution in [2.24, 2.45) is 0 Å². The average molecular weight is 617 g/mol. The number of hydrogen-bond acceptors (Lipinski definition) is 7. The Morgan fingerprint density at radius 1 is 1.05 bits per heavy atom. The van der Waals surface area contributed by atoms with Crippen molar-refractivity contribution in [1.29, 1.82) is 0 Å². The number of halogens is 2. The first-order valence-electron chi connectivity index (χ1n) is 13.7. The molecule has 12 heteroatoms.